The van der Waals surface area contributed by atoms with Crippen molar-refractivity contribution in [2.24, 2.45) is 0 Å². The molecule has 0 unspecified atom stereocenters. The molecule has 0 saturated heterocycles. The molecule has 0 saturated carbocycles. The predicted molar refractivity (Wildman–Crippen MR) is 109 cm³/mol. The first-order chi connectivity index (χ1) is 15.0. The first-order valence-corrected chi connectivity index (χ1v) is 9.52. The lowest BCUT2D eigenvalue weighted by atomic mass is 9.89. The molecule has 3 aromatic carbocycles. The number of hydrogen-bond donors (Lipinski definition) is 0. The van der Waals surface area contributed by atoms with Crippen molar-refractivity contribution >= 4 is 22.7 Å². The van der Waals surface area contributed by atoms with Crippen LogP contribution >= 0.6 is 0 Å². The summed E-state index contributed by atoms with van der Waals surface area (Å²) in [7, 11) is 3.09. The summed E-state index contributed by atoms with van der Waals surface area (Å²) in [6.45, 7) is 1.40. The molecular formula is C23H18O8. The van der Waals surface area contributed by atoms with Crippen molar-refractivity contribution in [3.05, 3.63) is 41.5 Å². The lowest BCUT2D eigenvalue weighted by Crippen LogP contribution is -2.07. The van der Waals surface area contributed by atoms with E-state index in [4.69, 9.17) is 28.4 Å². The van der Waals surface area contributed by atoms with Crippen LogP contribution in [0.5, 0.6) is 28.7 Å². The SMILES string of the molecule is COc1ccc(-c2c3c(c(OC(C)=O)c4cc5c(cc24)OCO5)COC3=O)cc1OC. The first kappa shape index (κ1) is 19.0. The van der Waals surface area contributed by atoms with E-state index < -0.39 is 11.9 Å². The fraction of sp³-hybridized carbons (Fsp3) is 0.217. The van der Waals surface area contributed by atoms with Gasteiger partial charge in [0.25, 0.3) is 0 Å². The molecule has 158 valence electrons. The monoisotopic (exact) mass is 422 g/mol. The normalized spacial score (nSPS) is 13.7. The van der Waals surface area contributed by atoms with E-state index >= 15 is 0 Å². The summed E-state index contributed by atoms with van der Waals surface area (Å²) in [5.74, 6) is 1.43. The largest absolute Gasteiger partial charge is 0.493 e. The second kappa shape index (κ2) is 7.09. The number of hydrogen-bond acceptors (Lipinski definition) is 8. The van der Waals surface area contributed by atoms with Gasteiger partial charge >= 0.3 is 11.9 Å². The van der Waals surface area contributed by atoms with Crippen LogP contribution in [0.4, 0.5) is 0 Å². The molecule has 5 rings (SSSR count). The van der Waals surface area contributed by atoms with Crippen LogP contribution in [-0.4, -0.2) is 33.0 Å². The summed E-state index contributed by atoms with van der Waals surface area (Å²) in [6, 6.07) is 8.92. The van der Waals surface area contributed by atoms with Crippen molar-refractivity contribution < 1.29 is 38.0 Å². The maximum absolute atomic E-state index is 12.8. The Morgan fingerprint density at radius 1 is 0.903 bits per heavy atom. The lowest BCUT2D eigenvalue weighted by Gasteiger charge is -2.17. The molecule has 0 aromatic heterocycles. The summed E-state index contributed by atoms with van der Waals surface area (Å²) < 4.78 is 32.7. The maximum atomic E-state index is 12.8. The standard InChI is InChI=1S/C23H18O8/c1-11(24)31-22-14-8-19-18(29-10-30-19)7-13(14)20(21-15(22)9-28-23(21)25)12-4-5-16(26-2)17(6-12)27-3/h4-8H,9-10H2,1-3H3. The van der Waals surface area contributed by atoms with Crippen LogP contribution in [0.1, 0.15) is 22.8 Å². The van der Waals surface area contributed by atoms with Gasteiger partial charge in [-0.3, -0.25) is 4.79 Å². The van der Waals surface area contributed by atoms with Crippen LogP contribution in [0.3, 0.4) is 0 Å². The number of cyclic esters (lactones) is 1. The number of benzene rings is 3. The molecule has 0 fully saturated rings. The van der Waals surface area contributed by atoms with E-state index in [1.54, 1.807) is 38.5 Å². The van der Waals surface area contributed by atoms with Crippen molar-refractivity contribution in [2.45, 2.75) is 13.5 Å². The predicted octanol–water partition coefficient (Wildman–Crippen LogP) is 3.85. The van der Waals surface area contributed by atoms with Gasteiger partial charge in [0.05, 0.1) is 19.8 Å². The number of rotatable bonds is 4. The first-order valence-electron chi connectivity index (χ1n) is 9.52. The average molecular weight is 422 g/mol. The molecule has 0 aliphatic carbocycles. The van der Waals surface area contributed by atoms with Gasteiger partial charge in [-0.25, -0.2) is 4.79 Å². The van der Waals surface area contributed by atoms with Gasteiger partial charge in [-0.15, -0.1) is 0 Å². The number of fused-ring (bicyclic) bond motifs is 3. The molecule has 0 atom stereocenters. The van der Waals surface area contributed by atoms with Crippen LogP contribution < -0.4 is 23.7 Å². The molecule has 31 heavy (non-hydrogen) atoms. The highest BCUT2D eigenvalue weighted by Gasteiger charge is 2.34. The second-order valence-electron chi connectivity index (χ2n) is 7.05. The smallest absolute Gasteiger partial charge is 0.339 e. The van der Waals surface area contributed by atoms with Gasteiger partial charge in [-0.1, -0.05) is 6.07 Å². The van der Waals surface area contributed by atoms with Crippen molar-refractivity contribution in [1.29, 1.82) is 0 Å². The van der Waals surface area contributed by atoms with Crippen LogP contribution in [0.15, 0.2) is 30.3 Å². The van der Waals surface area contributed by atoms with Crippen LogP contribution in [0, 0.1) is 0 Å². The Bertz CT molecular complexity index is 1260. The van der Waals surface area contributed by atoms with E-state index in [1.165, 1.54) is 6.92 Å². The third-order valence-corrected chi connectivity index (χ3v) is 5.32. The number of carbonyl (C=O) groups excluding carboxylic acids is 2. The summed E-state index contributed by atoms with van der Waals surface area (Å²) in [5.41, 5.74) is 2.19. The number of ether oxygens (including phenoxy) is 6. The van der Waals surface area contributed by atoms with Gasteiger partial charge in [0.1, 0.15) is 12.4 Å². The minimum atomic E-state index is -0.501. The lowest BCUT2D eigenvalue weighted by molar-refractivity contribution is -0.131. The molecule has 8 nitrogen and oxygen atoms in total. The van der Waals surface area contributed by atoms with Gasteiger partial charge < -0.3 is 28.4 Å². The molecule has 0 bridgehead atoms. The van der Waals surface area contributed by atoms with Crippen molar-refractivity contribution in [2.75, 3.05) is 21.0 Å². The quantitative estimate of drug-likeness (QED) is 0.463. The summed E-state index contributed by atoms with van der Waals surface area (Å²) in [5, 5.41) is 1.27. The number of carbonyl (C=O) groups is 2. The molecule has 2 heterocycles. The van der Waals surface area contributed by atoms with E-state index in [-0.39, 0.29) is 19.1 Å². The fourth-order valence-electron chi connectivity index (χ4n) is 4.02. The third-order valence-electron chi connectivity index (χ3n) is 5.32. The van der Waals surface area contributed by atoms with Crippen LogP contribution in [-0.2, 0) is 16.1 Å². The highest BCUT2D eigenvalue weighted by molar-refractivity contribution is 6.14. The van der Waals surface area contributed by atoms with E-state index in [0.29, 0.717) is 56.0 Å². The number of methoxy groups -OCH3 is 2. The van der Waals surface area contributed by atoms with Gasteiger partial charge in [0, 0.05) is 23.4 Å². The Hall–Kier alpha value is -3.94. The van der Waals surface area contributed by atoms with Crippen molar-refractivity contribution in [3.8, 4) is 39.9 Å². The zero-order chi connectivity index (χ0) is 21.7. The Kier molecular flexibility index (Phi) is 4.35. The molecule has 0 N–H and O–H groups in total. The second-order valence-corrected chi connectivity index (χ2v) is 7.05. The van der Waals surface area contributed by atoms with E-state index in [0.717, 1.165) is 0 Å². The minimum Gasteiger partial charge on any atom is -0.493 e. The molecule has 2 aliphatic rings. The Morgan fingerprint density at radius 3 is 2.29 bits per heavy atom. The number of esters is 2. The van der Waals surface area contributed by atoms with Gasteiger partial charge in [0.2, 0.25) is 6.79 Å². The Labute approximate surface area is 177 Å². The summed E-state index contributed by atoms with van der Waals surface area (Å²) >= 11 is 0. The molecule has 0 spiro atoms. The highest BCUT2D eigenvalue weighted by Crippen LogP contribution is 2.49. The van der Waals surface area contributed by atoms with Gasteiger partial charge in [-0.2, -0.15) is 0 Å². The van der Waals surface area contributed by atoms with Crippen LogP contribution in [0.2, 0.25) is 0 Å². The van der Waals surface area contributed by atoms with Crippen molar-refractivity contribution in [3.63, 3.8) is 0 Å². The molecule has 8 heteroatoms. The van der Waals surface area contributed by atoms with Crippen LogP contribution in [0.25, 0.3) is 21.9 Å². The molecule has 0 radical (unpaired) electrons. The zero-order valence-corrected chi connectivity index (χ0v) is 17.1. The summed E-state index contributed by atoms with van der Waals surface area (Å²) in [6.07, 6.45) is 0. The van der Waals surface area contributed by atoms with E-state index in [1.807, 2.05) is 6.07 Å². The van der Waals surface area contributed by atoms with E-state index in [9.17, 15) is 9.59 Å². The average Bonchev–Trinajstić information content (AvgIpc) is 3.38. The third kappa shape index (κ3) is 2.91. The molecule has 0 amide bonds. The minimum absolute atomic E-state index is 0.00144. The topological polar surface area (TPSA) is 89.5 Å². The Morgan fingerprint density at radius 2 is 1.61 bits per heavy atom. The molecule has 3 aromatic rings. The summed E-state index contributed by atoms with van der Waals surface area (Å²) in [4.78, 5) is 24.6. The molecule has 2 aliphatic heterocycles. The molecular weight excluding hydrogens is 404 g/mol. The van der Waals surface area contributed by atoms with Gasteiger partial charge in [0.15, 0.2) is 23.0 Å². The van der Waals surface area contributed by atoms with Crippen molar-refractivity contribution in [1.82, 2.24) is 0 Å². The Balaban J connectivity index is 1.90. The van der Waals surface area contributed by atoms with E-state index in [2.05, 4.69) is 0 Å². The zero-order valence-electron chi connectivity index (χ0n) is 17.1. The fourth-order valence-corrected chi connectivity index (χ4v) is 4.02. The highest BCUT2D eigenvalue weighted by atomic mass is 16.7. The maximum Gasteiger partial charge on any atom is 0.339 e. The van der Waals surface area contributed by atoms with Gasteiger partial charge in [-0.05, 0) is 35.2 Å².